The second-order valence-electron chi connectivity index (χ2n) is 6.02. The third-order valence-corrected chi connectivity index (χ3v) is 4.24. The molecule has 0 aliphatic heterocycles. The van der Waals surface area contributed by atoms with Crippen molar-refractivity contribution in [3.05, 3.63) is 53.6 Å². The van der Waals surface area contributed by atoms with Crippen molar-refractivity contribution in [1.82, 2.24) is 4.98 Å². The molecule has 0 aliphatic carbocycles. The zero-order chi connectivity index (χ0) is 17.0. The van der Waals surface area contributed by atoms with E-state index in [1.54, 1.807) is 33.0 Å². The Hall–Kier alpha value is -1.92. The van der Waals surface area contributed by atoms with Crippen molar-refractivity contribution in [3.8, 4) is 11.5 Å². The molecule has 0 unspecified atom stereocenters. The summed E-state index contributed by atoms with van der Waals surface area (Å²) >= 11 is -1.44. The summed E-state index contributed by atoms with van der Waals surface area (Å²) in [6, 6.07) is 7.94. The number of ether oxygens (including phenoxy) is 1. The Labute approximate surface area is 138 Å². The average Bonchev–Trinajstić information content (AvgIpc) is 2.48. The van der Waals surface area contributed by atoms with Gasteiger partial charge in [0, 0.05) is 11.3 Å². The minimum Gasteiger partial charge on any atom is -0.591 e. The second kappa shape index (κ2) is 7.10. The van der Waals surface area contributed by atoms with E-state index in [0.29, 0.717) is 11.5 Å². The lowest BCUT2D eigenvalue weighted by atomic mass is 10.2. The predicted octanol–water partition coefficient (Wildman–Crippen LogP) is 4.20. The van der Waals surface area contributed by atoms with Crippen LogP contribution < -0.4 is 4.74 Å². The summed E-state index contributed by atoms with van der Waals surface area (Å²) in [4.78, 5) is 4.14. The highest BCUT2D eigenvalue weighted by Gasteiger charge is 2.25. The summed E-state index contributed by atoms with van der Waals surface area (Å²) in [7, 11) is 0. The third-order valence-electron chi connectivity index (χ3n) is 2.90. The number of rotatable bonds is 4. The Kier molecular flexibility index (Phi) is 5.38. The summed E-state index contributed by atoms with van der Waals surface area (Å²) < 4.78 is 34.8. The van der Waals surface area contributed by atoms with Gasteiger partial charge in [-0.1, -0.05) is 4.40 Å². The van der Waals surface area contributed by atoms with Crippen molar-refractivity contribution in [1.29, 1.82) is 0 Å². The molecule has 23 heavy (non-hydrogen) atoms. The maximum Gasteiger partial charge on any atom is 0.145 e. The molecule has 0 aliphatic rings. The molecule has 2 rings (SSSR count). The Morgan fingerprint density at radius 1 is 1.22 bits per heavy atom. The van der Waals surface area contributed by atoms with E-state index in [1.807, 2.05) is 13.0 Å². The molecule has 4 nitrogen and oxygen atoms in total. The summed E-state index contributed by atoms with van der Waals surface area (Å²) in [5.41, 5.74) is 1.11. The zero-order valence-corrected chi connectivity index (χ0v) is 14.4. The Bertz CT molecular complexity index is 697. The molecule has 1 heterocycles. The van der Waals surface area contributed by atoms with Crippen LogP contribution in [0.15, 0.2) is 40.9 Å². The first-order valence-electron chi connectivity index (χ1n) is 7.12. The van der Waals surface area contributed by atoms with Gasteiger partial charge in [-0.25, -0.2) is 4.39 Å². The van der Waals surface area contributed by atoms with Crippen molar-refractivity contribution in [2.75, 3.05) is 0 Å². The molecule has 1 aromatic carbocycles. The van der Waals surface area contributed by atoms with Crippen LogP contribution in [0, 0.1) is 12.7 Å². The van der Waals surface area contributed by atoms with Crippen molar-refractivity contribution < 1.29 is 13.7 Å². The Morgan fingerprint density at radius 3 is 2.52 bits per heavy atom. The number of aromatic nitrogens is 1. The lowest BCUT2D eigenvalue weighted by Crippen LogP contribution is -2.25. The predicted molar refractivity (Wildman–Crippen MR) is 90.9 cm³/mol. The van der Waals surface area contributed by atoms with Gasteiger partial charge >= 0.3 is 0 Å². The number of halogens is 1. The van der Waals surface area contributed by atoms with E-state index in [1.165, 1.54) is 24.4 Å². The summed E-state index contributed by atoms with van der Waals surface area (Å²) in [5, 5.41) is 0. The number of hydrogen-bond acceptors (Lipinski definition) is 4. The topological polar surface area (TPSA) is 57.5 Å². The van der Waals surface area contributed by atoms with Crippen molar-refractivity contribution >= 4 is 17.6 Å². The van der Waals surface area contributed by atoms with Gasteiger partial charge in [0.1, 0.15) is 33.4 Å². The van der Waals surface area contributed by atoms with Crippen LogP contribution in [0.1, 0.15) is 32.0 Å². The van der Waals surface area contributed by atoms with Crippen LogP contribution in [0.4, 0.5) is 4.39 Å². The Morgan fingerprint density at radius 2 is 1.91 bits per heavy atom. The third kappa shape index (κ3) is 5.04. The molecule has 0 N–H and O–H groups in total. The molecule has 122 valence electrons. The average molecular weight is 334 g/mol. The van der Waals surface area contributed by atoms with E-state index in [2.05, 4.69) is 9.38 Å². The molecule has 0 fully saturated rings. The van der Waals surface area contributed by atoms with Crippen LogP contribution in [0.3, 0.4) is 0 Å². The monoisotopic (exact) mass is 334 g/mol. The molecule has 0 bridgehead atoms. The largest absolute Gasteiger partial charge is 0.591 e. The number of nitrogens with zero attached hydrogens (tertiary/aromatic N) is 2. The van der Waals surface area contributed by atoms with E-state index in [0.717, 1.165) is 5.69 Å². The molecule has 0 saturated heterocycles. The molecule has 6 heteroatoms. The maximum atomic E-state index is 13.9. The standard InChI is InChI=1S/C17H19FN2O2S/c1-12-5-6-15(11-19-12)22-14-7-8-16(18)13(9-14)10-20-23(21)17(2,3)4/h5-11H,1-4H3/t23-/m0/s1. The quantitative estimate of drug-likeness (QED) is 0.622. The first-order valence-corrected chi connectivity index (χ1v) is 8.22. The van der Waals surface area contributed by atoms with E-state index in [-0.39, 0.29) is 5.56 Å². The highest BCUT2D eigenvalue weighted by Crippen LogP contribution is 2.23. The Balaban J connectivity index is 2.18. The molecule has 1 aromatic heterocycles. The fourth-order valence-corrected chi connectivity index (χ4v) is 2.12. The SMILES string of the molecule is Cc1ccc(Oc2ccc(F)c(C=N[S@@+]([O-])C(C)(C)C)c2)cn1. The zero-order valence-electron chi connectivity index (χ0n) is 13.5. The van der Waals surface area contributed by atoms with Crippen LogP contribution in [0.25, 0.3) is 0 Å². The van der Waals surface area contributed by atoms with Crippen LogP contribution >= 0.6 is 0 Å². The van der Waals surface area contributed by atoms with Gasteiger partial charge in [0.05, 0.1) is 12.4 Å². The van der Waals surface area contributed by atoms with Crippen LogP contribution in [-0.2, 0) is 11.4 Å². The smallest absolute Gasteiger partial charge is 0.145 e. The lowest BCUT2D eigenvalue weighted by molar-refractivity contribution is 0.478. The highest BCUT2D eigenvalue weighted by molar-refractivity contribution is 7.91. The maximum absolute atomic E-state index is 13.9. The van der Waals surface area contributed by atoms with Gasteiger partial charge < -0.3 is 9.29 Å². The van der Waals surface area contributed by atoms with Gasteiger partial charge in [0.25, 0.3) is 0 Å². The van der Waals surface area contributed by atoms with Crippen molar-refractivity contribution in [2.24, 2.45) is 4.40 Å². The van der Waals surface area contributed by atoms with Crippen LogP contribution in [0.2, 0.25) is 0 Å². The van der Waals surface area contributed by atoms with Gasteiger partial charge in [-0.2, -0.15) is 0 Å². The number of benzene rings is 1. The molecular formula is C17H19FN2O2S. The number of pyridine rings is 1. The van der Waals surface area contributed by atoms with Gasteiger partial charge in [0.15, 0.2) is 0 Å². The van der Waals surface area contributed by atoms with Gasteiger partial charge in [0.2, 0.25) is 0 Å². The molecule has 0 saturated carbocycles. The second-order valence-corrected chi connectivity index (χ2v) is 7.95. The molecule has 1 atom stereocenters. The number of aryl methyl sites for hydroxylation is 1. The molecular weight excluding hydrogens is 315 g/mol. The van der Waals surface area contributed by atoms with E-state index >= 15 is 0 Å². The van der Waals surface area contributed by atoms with Gasteiger partial charge in [-0.15, -0.1) is 0 Å². The van der Waals surface area contributed by atoms with Crippen LogP contribution in [0.5, 0.6) is 11.5 Å². The summed E-state index contributed by atoms with van der Waals surface area (Å²) in [6.45, 7) is 7.30. The summed E-state index contributed by atoms with van der Waals surface area (Å²) in [5.74, 6) is 0.567. The molecule has 0 spiro atoms. The summed E-state index contributed by atoms with van der Waals surface area (Å²) in [6.07, 6.45) is 2.87. The fraction of sp³-hybridized carbons (Fsp3) is 0.294. The highest BCUT2D eigenvalue weighted by atomic mass is 32.2. The molecule has 2 aromatic rings. The minimum atomic E-state index is -1.44. The van der Waals surface area contributed by atoms with Crippen LogP contribution in [-0.4, -0.2) is 20.5 Å². The van der Waals surface area contributed by atoms with Gasteiger partial charge in [-0.3, -0.25) is 4.98 Å². The van der Waals surface area contributed by atoms with E-state index in [9.17, 15) is 8.94 Å². The van der Waals surface area contributed by atoms with Crippen molar-refractivity contribution in [2.45, 2.75) is 32.4 Å². The fourth-order valence-electron chi connectivity index (χ4n) is 1.60. The normalized spacial score (nSPS) is 13.3. The first-order chi connectivity index (χ1) is 10.8. The lowest BCUT2D eigenvalue weighted by Gasteiger charge is -2.17. The molecule has 0 amide bonds. The first kappa shape index (κ1) is 17.4. The van der Waals surface area contributed by atoms with E-state index in [4.69, 9.17) is 4.74 Å². The van der Waals surface area contributed by atoms with Gasteiger partial charge in [-0.05, 0) is 58.0 Å². The minimum absolute atomic E-state index is 0.222. The van der Waals surface area contributed by atoms with E-state index < -0.39 is 21.9 Å². The number of hydrogen-bond donors (Lipinski definition) is 0. The van der Waals surface area contributed by atoms with Crippen molar-refractivity contribution in [3.63, 3.8) is 0 Å². The molecule has 0 radical (unpaired) electrons.